The number of benzene rings is 6. The molecule has 0 aromatic heterocycles. The van der Waals surface area contributed by atoms with Crippen molar-refractivity contribution in [3.63, 3.8) is 0 Å². The number of likely N-dealkylation sites (tertiary alicyclic amines) is 2. The van der Waals surface area contributed by atoms with Crippen molar-refractivity contribution in [1.82, 2.24) is 14.7 Å². The van der Waals surface area contributed by atoms with Crippen molar-refractivity contribution >= 4 is 41.4 Å². The normalized spacial score (nSPS) is 18.5. The van der Waals surface area contributed by atoms with E-state index in [-0.39, 0.29) is 64.1 Å². The van der Waals surface area contributed by atoms with E-state index in [1.165, 1.54) is 45.0 Å². The summed E-state index contributed by atoms with van der Waals surface area (Å²) in [5.41, 5.74) is -2.58. The van der Waals surface area contributed by atoms with Gasteiger partial charge in [-0.3, -0.25) is 19.2 Å². The van der Waals surface area contributed by atoms with E-state index in [1.807, 2.05) is 129 Å². The molecule has 2 aliphatic heterocycles. The highest BCUT2D eigenvalue weighted by Gasteiger charge is 2.68. The zero-order valence-electron chi connectivity index (χ0n) is 54.5. The van der Waals surface area contributed by atoms with Crippen molar-refractivity contribution in [2.75, 3.05) is 62.5 Å². The molecule has 4 atom stereocenters. The van der Waals surface area contributed by atoms with Crippen LogP contribution in [0.2, 0.25) is 0 Å². The van der Waals surface area contributed by atoms with Gasteiger partial charge >= 0.3 is 17.9 Å². The monoisotopic (exact) mass is 1270 g/mol. The van der Waals surface area contributed by atoms with Gasteiger partial charge in [-0.2, -0.15) is 0 Å². The Hall–Kier alpha value is -9.73. The maximum atomic E-state index is 13.3. The molecule has 6 aromatic rings. The Bertz CT molecular complexity index is 3400. The van der Waals surface area contributed by atoms with Gasteiger partial charge < -0.3 is 62.4 Å². The number of nitrogens with zero attached hydrogens (tertiary/aromatic N) is 3. The second kappa shape index (κ2) is 32.5. The molecular formula is C73H83N3O17. The first-order valence-electron chi connectivity index (χ1n) is 29.6. The lowest BCUT2D eigenvalue weighted by Gasteiger charge is -2.43. The van der Waals surface area contributed by atoms with Gasteiger partial charge in [0.05, 0.1) is 82.3 Å². The third-order valence-corrected chi connectivity index (χ3v) is 16.9. The fraction of sp³-hybridized carbons (Fsp3) is 0.329. The van der Waals surface area contributed by atoms with E-state index in [1.54, 1.807) is 69.9 Å². The number of amides is 3. The van der Waals surface area contributed by atoms with Crippen LogP contribution >= 0.6 is 0 Å². The predicted octanol–water partition coefficient (Wildman–Crippen LogP) is 9.15. The number of carbonyl (C=O) groups excluding carboxylic acids is 7. The predicted molar refractivity (Wildman–Crippen MR) is 347 cm³/mol. The van der Waals surface area contributed by atoms with E-state index in [2.05, 4.69) is 19.7 Å². The second-order valence-electron chi connectivity index (χ2n) is 22.7. The lowest BCUT2D eigenvalue weighted by atomic mass is 9.71. The van der Waals surface area contributed by atoms with Crippen molar-refractivity contribution in [3.05, 3.63) is 234 Å². The molecule has 2 saturated heterocycles. The molecule has 0 unspecified atom stereocenters. The minimum atomic E-state index is -1.96. The van der Waals surface area contributed by atoms with Gasteiger partial charge in [0.2, 0.25) is 11.4 Å². The fourth-order valence-electron chi connectivity index (χ4n) is 11.0. The summed E-state index contributed by atoms with van der Waals surface area (Å²) in [6.07, 6.45) is 1.06. The van der Waals surface area contributed by atoms with Crippen molar-refractivity contribution in [1.29, 1.82) is 0 Å². The average Bonchev–Trinajstić information content (AvgIpc) is 1.58. The van der Waals surface area contributed by atoms with Crippen LogP contribution in [0.4, 0.5) is 0 Å². The topological polar surface area (TPSA) is 233 Å². The number of Topliss-reactive ketones (excluding diaryl/α,β-unsaturated/α-hetero) is 1. The van der Waals surface area contributed by atoms with E-state index in [0.717, 1.165) is 38.8 Å². The largest absolute Gasteiger partial charge is 0.497 e. The third kappa shape index (κ3) is 15.8. The molecule has 20 heteroatoms. The van der Waals surface area contributed by atoms with Gasteiger partial charge in [-0.05, 0) is 89.7 Å². The third-order valence-electron chi connectivity index (χ3n) is 16.9. The van der Waals surface area contributed by atoms with E-state index in [0.29, 0.717) is 35.0 Å². The minimum absolute atomic E-state index is 0.0114. The van der Waals surface area contributed by atoms with E-state index < -0.39 is 63.1 Å². The standard InChI is InChI=1S/C25H29NO5.2C24H27NO6/c1-18-22(27)26(15-19-11-13-21(29-4)14-12-19)25(23(28)30-5,24(18,2)3)17-31-16-20-9-7-6-8-10-20;1-17-21(26)25(14-18-10-12-20(29-3)13-11-18)24(22(27)30-4,23(17,2)28)16-31-15-19-8-6-5-7-9-19;1-5-22(27)25(15-19-11-13-21(29-3)14-12-19)24(18(2)26,23(28)30-4)17-31-16-20-9-7-6-8-10-20/h6-14H,1,15-17H2,2-5H3;5-13,28H,1,14-16H2,2-4H3;5-14H,1,15-17H2,2-4H3/t25-;23-,24-;24-/m111/s1. The summed E-state index contributed by atoms with van der Waals surface area (Å²) in [4.78, 5) is 95.2. The van der Waals surface area contributed by atoms with Crippen LogP contribution in [0.1, 0.15) is 61.1 Å². The summed E-state index contributed by atoms with van der Waals surface area (Å²) in [7, 11) is 8.42. The highest BCUT2D eigenvalue weighted by molar-refractivity contribution is 6.11. The van der Waals surface area contributed by atoms with Gasteiger partial charge in [0.15, 0.2) is 16.9 Å². The van der Waals surface area contributed by atoms with Crippen LogP contribution in [-0.4, -0.2) is 146 Å². The Balaban J connectivity index is 0.000000221. The van der Waals surface area contributed by atoms with Gasteiger partial charge in [-0.25, -0.2) is 14.4 Å². The molecule has 0 radical (unpaired) electrons. The summed E-state index contributed by atoms with van der Waals surface area (Å²) >= 11 is 0. The van der Waals surface area contributed by atoms with Gasteiger partial charge in [-0.1, -0.05) is 161 Å². The zero-order chi connectivity index (χ0) is 68.2. The molecule has 0 aliphatic carbocycles. The number of ether oxygens (including phenoxy) is 9. The summed E-state index contributed by atoms with van der Waals surface area (Å²) < 4.78 is 48.3. The van der Waals surface area contributed by atoms with Crippen molar-refractivity contribution in [2.45, 2.75) is 89.4 Å². The Morgan fingerprint density at radius 1 is 0.505 bits per heavy atom. The van der Waals surface area contributed by atoms with Crippen molar-refractivity contribution in [2.24, 2.45) is 5.41 Å². The molecule has 2 fully saturated rings. The van der Waals surface area contributed by atoms with Gasteiger partial charge in [0, 0.05) is 36.2 Å². The van der Waals surface area contributed by atoms with E-state index >= 15 is 0 Å². The molecule has 2 heterocycles. The number of aliphatic hydroxyl groups is 1. The molecular weight excluding hydrogens is 1190 g/mol. The quantitative estimate of drug-likeness (QED) is 0.0219. The van der Waals surface area contributed by atoms with E-state index in [4.69, 9.17) is 42.6 Å². The summed E-state index contributed by atoms with van der Waals surface area (Å²) in [6.45, 7) is 17.9. The van der Waals surface area contributed by atoms with Gasteiger partial charge in [0.25, 0.3) is 11.8 Å². The lowest BCUT2D eigenvalue weighted by molar-refractivity contribution is -0.176. The van der Waals surface area contributed by atoms with Crippen LogP contribution < -0.4 is 14.2 Å². The Morgan fingerprint density at radius 3 is 1.25 bits per heavy atom. The molecule has 1 N–H and O–H groups in total. The Kier molecular flexibility index (Phi) is 25.3. The average molecular weight is 1270 g/mol. The van der Waals surface area contributed by atoms with Crippen LogP contribution in [0.3, 0.4) is 0 Å². The second-order valence-corrected chi connectivity index (χ2v) is 22.7. The molecule has 492 valence electrons. The molecule has 2 aliphatic rings. The number of methoxy groups -OCH3 is 6. The first-order valence-corrected chi connectivity index (χ1v) is 29.6. The van der Waals surface area contributed by atoms with Gasteiger partial charge in [0.1, 0.15) is 22.8 Å². The Morgan fingerprint density at radius 2 is 0.871 bits per heavy atom. The van der Waals surface area contributed by atoms with Crippen LogP contribution in [-0.2, 0) is 101 Å². The van der Waals surface area contributed by atoms with Crippen LogP contribution in [0.5, 0.6) is 17.2 Å². The summed E-state index contributed by atoms with van der Waals surface area (Å²) in [6, 6.07) is 49.8. The minimum Gasteiger partial charge on any atom is -0.497 e. The number of rotatable bonds is 27. The SMILES string of the molecule is C=C1C(=O)N(Cc2ccc(OC)cc2)[C@](COCc2ccccc2)(C(=O)OC)C1(C)C.C=C1C(=O)N(Cc2ccc(OC)cc2)[C@](COCc2ccccc2)(C(=O)OC)[C@]1(C)O.C=CC(=O)N(Cc1ccc(OC)cc1)[C@](COCc1ccccc1)(C(C)=O)C(=O)OC. The smallest absolute Gasteiger partial charge is 0.342 e. The number of carbonyl (C=O) groups is 7. The van der Waals surface area contributed by atoms with Crippen LogP contribution in [0.15, 0.2) is 201 Å². The van der Waals surface area contributed by atoms with E-state index in [9.17, 15) is 38.7 Å². The Labute approximate surface area is 543 Å². The number of esters is 3. The molecule has 20 nitrogen and oxygen atoms in total. The van der Waals surface area contributed by atoms with Crippen molar-refractivity contribution in [3.8, 4) is 17.2 Å². The molecule has 0 spiro atoms. The van der Waals surface area contributed by atoms with Crippen LogP contribution in [0.25, 0.3) is 0 Å². The molecule has 6 aromatic carbocycles. The molecule has 3 amide bonds. The lowest BCUT2D eigenvalue weighted by Crippen LogP contribution is -2.65. The van der Waals surface area contributed by atoms with Crippen LogP contribution in [0, 0.1) is 5.41 Å². The number of hydrogen-bond donors (Lipinski definition) is 1. The fourth-order valence-corrected chi connectivity index (χ4v) is 11.0. The maximum absolute atomic E-state index is 13.3. The highest BCUT2D eigenvalue weighted by Crippen LogP contribution is 2.51. The maximum Gasteiger partial charge on any atom is 0.342 e. The molecule has 93 heavy (non-hydrogen) atoms. The molecule has 0 saturated carbocycles. The molecule has 8 rings (SSSR count). The zero-order valence-corrected chi connectivity index (χ0v) is 54.5. The highest BCUT2D eigenvalue weighted by atomic mass is 16.5. The number of hydrogen-bond acceptors (Lipinski definition) is 17. The van der Waals surface area contributed by atoms with Gasteiger partial charge in [-0.15, -0.1) is 0 Å². The first-order chi connectivity index (χ1) is 44.4. The van der Waals surface area contributed by atoms with Crippen molar-refractivity contribution < 1.29 is 81.3 Å². The summed E-state index contributed by atoms with van der Waals surface area (Å²) in [5, 5.41) is 11.3. The summed E-state index contributed by atoms with van der Waals surface area (Å²) in [5.74, 6) is -2.14. The molecule has 0 bridgehead atoms. The first kappa shape index (κ1) is 72.3. The number of ketones is 1.